The number of benzene rings is 1. The van der Waals surface area contributed by atoms with Crippen molar-refractivity contribution in [3.8, 4) is 21.7 Å². The van der Waals surface area contributed by atoms with E-state index in [4.69, 9.17) is 0 Å². The van der Waals surface area contributed by atoms with Crippen molar-refractivity contribution >= 4 is 27.2 Å². The molecule has 5 heterocycles. The van der Waals surface area contributed by atoms with Crippen molar-refractivity contribution in [1.29, 1.82) is 0 Å². The summed E-state index contributed by atoms with van der Waals surface area (Å²) in [5.41, 5.74) is 11.0. The van der Waals surface area contributed by atoms with Crippen LogP contribution in [0.15, 0.2) is 42.9 Å². The number of pyridine rings is 1. The molecule has 6 rings (SSSR count). The van der Waals surface area contributed by atoms with Crippen LogP contribution in [0.3, 0.4) is 0 Å². The fourth-order valence-corrected chi connectivity index (χ4v) is 6.56. The van der Waals surface area contributed by atoms with Gasteiger partial charge in [-0.3, -0.25) is 4.90 Å². The lowest BCUT2D eigenvalue weighted by atomic mass is 9.97. The van der Waals surface area contributed by atoms with Gasteiger partial charge in [-0.1, -0.05) is 26.0 Å². The Morgan fingerprint density at radius 2 is 2.03 bits per heavy atom. The molecule has 2 N–H and O–H groups in total. The molecular weight excluding hydrogens is 442 g/mol. The number of hydrogen-bond acceptors (Lipinski definition) is 5. The molecule has 0 saturated heterocycles. The maximum absolute atomic E-state index is 9.34. The number of aliphatic hydroxyl groups is 1. The van der Waals surface area contributed by atoms with Crippen LogP contribution in [0.2, 0.25) is 0 Å². The number of fused-ring (bicyclic) bond motifs is 3. The van der Waals surface area contributed by atoms with Gasteiger partial charge >= 0.3 is 0 Å². The second kappa shape index (κ2) is 8.34. The average molecular weight is 472 g/mol. The molecule has 1 aromatic carbocycles. The largest absolute Gasteiger partial charge is 0.395 e. The first-order chi connectivity index (χ1) is 16.5. The summed E-state index contributed by atoms with van der Waals surface area (Å²) in [6.45, 7) is 9.51. The Bertz CT molecular complexity index is 1510. The molecule has 7 heteroatoms. The van der Waals surface area contributed by atoms with Crippen molar-refractivity contribution < 1.29 is 5.11 Å². The highest BCUT2D eigenvalue weighted by Crippen LogP contribution is 2.43. The van der Waals surface area contributed by atoms with Crippen LogP contribution in [0.25, 0.3) is 37.6 Å². The van der Waals surface area contributed by atoms with Crippen LogP contribution in [0.5, 0.6) is 0 Å². The number of H-pyrrole nitrogens is 1. The third kappa shape index (κ3) is 3.55. The molecule has 0 radical (unpaired) electrons. The van der Waals surface area contributed by atoms with Gasteiger partial charge in [-0.2, -0.15) is 5.10 Å². The van der Waals surface area contributed by atoms with Gasteiger partial charge in [0.1, 0.15) is 6.33 Å². The normalized spacial score (nSPS) is 14.5. The van der Waals surface area contributed by atoms with Gasteiger partial charge in [-0.05, 0) is 65.3 Å². The summed E-state index contributed by atoms with van der Waals surface area (Å²) in [4.78, 5) is 11.7. The fraction of sp³-hybridized carbons (Fsp3) is 0.333. The van der Waals surface area contributed by atoms with Crippen molar-refractivity contribution in [3.63, 3.8) is 0 Å². The maximum Gasteiger partial charge on any atom is 0.158 e. The van der Waals surface area contributed by atoms with Crippen LogP contribution in [0.4, 0.5) is 0 Å². The predicted octanol–water partition coefficient (Wildman–Crippen LogP) is 5.39. The van der Waals surface area contributed by atoms with Crippen LogP contribution >= 0.6 is 11.3 Å². The zero-order chi connectivity index (χ0) is 23.4. The third-order valence-corrected chi connectivity index (χ3v) is 8.15. The quantitative estimate of drug-likeness (QED) is 0.361. The fourth-order valence-electron chi connectivity index (χ4n) is 5.25. The molecule has 5 aromatic rings. The average Bonchev–Trinajstić information content (AvgIpc) is 3.53. The first kappa shape index (κ1) is 21.5. The van der Waals surface area contributed by atoms with Gasteiger partial charge in [0.15, 0.2) is 5.65 Å². The molecule has 34 heavy (non-hydrogen) atoms. The van der Waals surface area contributed by atoms with Gasteiger partial charge in [0.05, 0.1) is 22.5 Å². The lowest BCUT2D eigenvalue weighted by molar-refractivity contribution is 0.184. The molecule has 0 unspecified atom stereocenters. The number of β-amino-alcohol motifs (C(OH)–C–C–N with tert-alkyl or cyclic N) is 1. The minimum Gasteiger partial charge on any atom is -0.395 e. The van der Waals surface area contributed by atoms with Crippen LogP contribution in [-0.4, -0.2) is 49.3 Å². The molecular formula is C27H29N5OS. The lowest BCUT2D eigenvalue weighted by Crippen LogP contribution is -2.32. The molecule has 0 fully saturated rings. The van der Waals surface area contributed by atoms with E-state index in [1.165, 1.54) is 43.0 Å². The summed E-state index contributed by atoms with van der Waals surface area (Å²) in [5, 5.41) is 13.7. The van der Waals surface area contributed by atoms with Crippen molar-refractivity contribution in [1.82, 2.24) is 24.5 Å². The lowest BCUT2D eigenvalue weighted by Gasteiger charge is -2.28. The summed E-state index contributed by atoms with van der Waals surface area (Å²) in [6.07, 6.45) is 4.73. The Labute approximate surface area is 202 Å². The number of thiophene rings is 1. The van der Waals surface area contributed by atoms with E-state index in [2.05, 4.69) is 77.3 Å². The minimum absolute atomic E-state index is 0.217. The van der Waals surface area contributed by atoms with Gasteiger partial charge in [-0.15, -0.1) is 11.3 Å². The highest BCUT2D eigenvalue weighted by Gasteiger charge is 2.21. The van der Waals surface area contributed by atoms with E-state index in [0.717, 1.165) is 42.8 Å². The van der Waals surface area contributed by atoms with Crippen LogP contribution in [0.1, 0.15) is 42.0 Å². The first-order valence-corrected chi connectivity index (χ1v) is 12.7. The second-order valence-electron chi connectivity index (χ2n) is 9.60. The number of aromatic amines is 1. The zero-order valence-corrected chi connectivity index (χ0v) is 20.6. The van der Waals surface area contributed by atoms with Crippen LogP contribution < -0.4 is 0 Å². The number of nitrogens with zero attached hydrogens (tertiary/aromatic N) is 4. The molecule has 0 aliphatic carbocycles. The molecule has 0 bridgehead atoms. The van der Waals surface area contributed by atoms with Gasteiger partial charge in [0, 0.05) is 36.3 Å². The van der Waals surface area contributed by atoms with Crippen molar-refractivity contribution in [2.75, 3.05) is 19.7 Å². The topological polar surface area (TPSA) is 69.5 Å². The molecule has 4 aromatic heterocycles. The number of hydrogen-bond donors (Lipinski definition) is 2. The summed E-state index contributed by atoms with van der Waals surface area (Å²) in [7, 11) is 0. The second-order valence-corrected chi connectivity index (χ2v) is 10.6. The van der Waals surface area contributed by atoms with E-state index >= 15 is 0 Å². The third-order valence-electron chi connectivity index (χ3n) is 6.93. The molecule has 0 saturated carbocycles. The number of aromatic nitrogens is 4. The zero-order valence-electron chi connectivity index (χ0n) is 19.8. The molecule has 1 aliphatic heterocycles. The Balaban J connectivity index is 1.42. The van der Waals surface area contributed by atoms with Crippen molar-refractivity contribution in [3.05, 3.63) is 65.1 Å². The molecule has 0 amide bonds. The first-order valence-electron chi connectivity index (χ1n) is 11.9. The van der Waals surface area contributed by atoms with E-state index < -0.39 is 0 Å². The summed E-state index contributed by atoms with van der Waals surface area (Å²) < 4.78 is 3.19. The monoisotopic (exact) mass is 471 g/mol. The SMILES string of the molecule is Cc1cc(-c2[nH]c3cc(-c4ccc5c(c4)CN(CCO)CC5)sc3c2C(C)C)cn2ncnc12. The van der Waals surface area contributed by atoms with Crippen molar-refractivity contribution in [2.24, 2.45) is 0 Å². The number of aliphatic hydroxyl groups excluding tert-OH is 1. The van der Waals surface area contributed by atoms with E-state index in [1.807, 2.05) is 15.9 Å². The number of nitrogens with one attached hydrogen (secondary N) is 1. The van der Waals surface area contributed by atoms with Gasteiger partial charge in [-0.25, -0.2) is 9.50 Å². The van der Waals surface area contributed by atoms with E-state index in [-0.39, 0.29) is 6.61 Å². The standard InChI is InChI=1S/C27H29N5OS/c1-16(2)24-25(21-10-17(3)27-28-15-29-32(27)14-21)30-22-12-23(34-26(22)24)19-5-4-18-6-7-31(8-9-33)13-20(18)11-19/h4-5,10-12,14-16,30,33H,6-9,13H2,1-3H3. The predicted molar refractivity (Wildman–Crippen MR) is 138 cm³/mol. The molecule has 0 atom stereocenters. The Morgan fingerprint density at radius 1 is 1.15 bits per heavy atom. The van der Waals surface area contributed by atoms with E-state index in [1.54, 1.807) is 6.33 Å². The van der Waals surface area contributed by atoms with Crippen LogP contribution in [-0.2, 0) is 13.0 Å². The smallest absolute Gasteiger partial charge is 0.158 e. The van der Waals surface area contributed by atoms with E-state index in [9.17, 15) is 5.11 Å². The number of aryl methyl sites for hydroxylation is 1. The Kier molecular flexibility index (Phi) is 5.28. The summed E-state index contributed by atoms with van der Waals surface area (Å²) in [5.74, 6) is 0.387. The maximum atomic E-state index is 9.34. The van der Waals surface area contributed by atoms with E-state index in [0.29, 0.717) is 5.92 Å². The van der Waals surface area contributed by atoms with Gasteiger partial charge < -0.3 is 10.1 Å². The van der Waals surface area contributed by atoms with Crippen molar-refractivity contribution in [2.45, 2.75) is 39.7 Å². The van der Waals surface area contributed by atoms with Gasteiger partial charge in [0.2, 0.25) is 0 Å². The Morgan fingerprint density at radius 3 is 2.85 bits per heavy atom. The number of rotatable bonds is 5. The Hall–Kier alpha value is -3.00. The minimum atomic E-state index is 0.217. The van der Waals surface area contributed by atoms with Crippen LogP contribution in [0, 0.1) is 6.92 Å². The summed E-state index contributed by atoms with van der Waals surface area (Å²) in [6, 6.07) is 11.4. The summed E-state index contributed by atoms with van der Waals surface area (Å²) >= 11 is 1.87. The van der Waals surface area contributed by atoms with Gasteiger partial charge in [0.25, 0.3) is 0 Å². The highest BCUT2D eigenvalue weighted by atomic mass is 32.1. The molecule has 1 aliphatic rings. The molecule has 0 spiro atoms. The highest BCUT2D eigenvalue weighted by molar-refractivity contribution is 7.22. The molecule has 174 valence electrons. The molecule has 6 nitrogen and oxygen atoms in total.